The van der Waals surface area contributed by atoms with Gasteiger partial charge in [-0.2, -0.15) is 0 Å². The maximum Gasteiger partial charge on any atom is 0.263 e. The molecule has 0 aliphatic carbocycles. The van der Waals surface area contributed by atoms with Gasteiger partial charge in [0.05, 0.1) is 4.90 Å². The van der Waals surface area contributed by atoms with Crippen molar-refractivity contribution in [3.63, 3.8) is 0 Å². The summed E-state index contributed by atoms with van der Waals surface area (Å²) in [6, 6.07) is 8.69. The van der Waals surface area contributed by atoms with E-state index in [4.69, 9.17) is 0 Å². The maximum atomic E-state index is 12.3. The van der Waals surface area contributed by atoms with Crippen LogP contribution in [0.3, 0.4) is 0 Å². The molecule has 5 heteroatoms. The number of hydrogen-bond donors (Lipinski definition) is 1. The van der Waals surface area contributed by atoms with Crippen molar-refractivity contribution in [3.05, 3.63) is 52.7 Å². The van der Waals surface area contributed by atoms with Gasteiger partial charge in [-0.15, -0.1) is 0 Å². The molecule has 0 spiro atoms. The lowest BCUT2D eigenvalue weighted by Gasteiger charge is -2.10. The Morgan fingerprint density at radius 2 is 1.65 bits per heavy atom. The number of pyridine rings is 1. The van der Waals surface area contributed by atoms with Gasteiger partial charge in [0, 0.05) is 5.69 Å². The summed E-state index contributed by atoms with van der Waals surface area (Å²) < 4.78 is 27.2. The average molecular weight is 290 g/mol. The van der Waals surface area contributed by atoms with E-state index >= 15 is 0 Å². The third kappa shape index (κ3) is 3.17. The van der Waals surface area contributed by atoms with E-state index in [1.165, 1.54) is 0 Å². The van der Waals surface area contributed by atoms with Crippen LogP contribution in [-0.4, -0.2) is 13.4 Å². The molecule has 0 radical (unpaired) electrons. The molecule has 20 heavy (non-hydrogen) atoms. The minimum atomic E-state index is -3.60. The molecule has 0 unspecified atom stereocenters. The summed E-state index contributed by atoms with van der Waals surface area (Å²) in [5.74, 6) is 0.348. The predicted octanol–water partition coefficient (Wildman–Crippen LogP) is 3.12. The van der Waals surface area contributed by atoms with Gasteiger partial charge in [-0.3, -0.25) is 4.72 Å². The normalized spacial score (nSPS) is 11.4. The van der Waals surface area contributed by atoms with Gasteiger partial charge in [0.25, 0.3) is 10.0 Å². The smallest absolute Gasteiger partial charge is 0.263 e. The highest BCUT2D eigenvalue weighted by Crippen LogP contribution is 2.18. The monoisotopic (exact) mass is 290 g/mol. The number of sulfonamides is 1. The molecule has 0 saturated heterocycles. The average Bonchev–Trinajstić information content (AvgIpc) is 2.30. The largest absolute Gasteiger partial charge is 0.263 e. The van der Waals surface area contributed by atoms with Gasteiger partial charge in [0.1, 0.15) is 5.82 Å². The van der Waals surface area contributed by atoms with E-state index in [1.54, 1.807) is 24.3 Å². The SMILES string of the molecule is Cc1cc(C)nc(NS(=O)(=O)c2ccc(C)c(C)c2)c1. The zero-order valence-corrected chi connectivity index (χ0v) is 12.9. The van der Waals surface area contributed by atoms with E-state index in [9.17, 15) is 8.42 Å². The van der Waals surface area contributed by atoms with Crippen molar-refractivity contribution in [2.45, 2.75) is 32.6 Å². The molecule has 0 atom stereocenters. The molecular weight excluding hydrogens is 272 g/mol. The number of nitrogens with one attached hydrogen (secondary N) is 1. The van der Waals surface area contributed by atoms with Crippen LogP contribution in [0.15, 0.2) is 35.2 Å². The standard InChI is InChI=1S/C15H18N2O2S/c1-10-7-13(4)16-15(8-10)17-20(18,19)14-6-5-11(2)12(3)9-14/h5-9H,1-4H3,(H,16,17). The van der Waals surface area contributed by atoms with Crippen molar-refractivity contribution in [2.24, 2.45) is 0 Å². The lowest BCUT2D eigenvalue weighted by molar-refractivity contribution is 0.601. The number of aromatic nitrogens is 1. The molecule has 2 aromatic rings. The first-order valence-corrected chi connectivity index (χ1v) is 7.81. The summed E-state index contributed by atoms with van der Waals surface area (Å²) in [6.07, 6.45) is 0. The van der Waals surface area contributed by atoms with Gasteiger partial charge < -0.3 is 0 Å². The lowest BCUT2D eigenvalue weighted by Crippen LogP contribution is -2.14. The Labute approximate surface area is 119 Å². The topological polar surface area (TPSA) is 59.1 Å². The van der Waals surface area contributed by atoms with Crippen molar-refractivity contribution in [3.8, 4) is 0 Å². The molecule has 1 N–H and O–H groups in total. The first-order chi connectivity index (χ1) is 9.28. The summed E-state index contributed by atoms with van der Waals surface area (Å²) in [5, 5.41) is 0. The van der Waals surface area contributed by atoms with Gasteiger partial charge in [0.15, 0.2) is 0 Å². The van der Waals surface area contributed by atoms with Crippen LogP contribution in [0, 0.1) is 27.7 Å². The molecule has 1 heterocycles. The van der Waals surface area contributed by atoms with Crippen molar-refractivity contribution in [1.82, 2.24) is 4.98 Å². The first-order valence-electron chi connectivity index (χ1n) is 6.33. The van der Waals surface area contributed by atoms with Gasteiger partial charge in [-0.1, -0.05) is 6.07 Å². The Morgan fingerprint density at radius 1 is 0.950 bits per heavy atom. The minimum Gasteiger partial charge on any atom is -0.263 e. The minimum absolute atomic E-state index is 0.251. The number of hydrogen-bond acceptors (Lipinski definition) is 3. The second-order valence-corrected chi connectivity index (χ2v) is 6.71. The van der Waals surface area contributed by atoms with Crippen LogP contribution in [-0.2, 0) is 10.0 Å². The molecule has 0 amide bonds. The van der Waals surface area contributed by atoms with Crippen LogP contribution in [0.2, 0.25) is 0 Å². The fourth-order valence-corrected chi connectivity index (χ4v) is 3.05. The molecule has 0 aliphatic heterocycles. The van der Waals surface area contributed by atoms with Crippen molar-refractivity contribution in [2.75, 3.05) is 4.72 Å². The fraction of sp³-hybridized carbons (Fsp3) is 0.267. The van der Waals surface area contributed by atoms with Crippen LogP contribution >= 0.6 is 0 Å². The molecule has 1 aromatic carbocycles. The maximum absolute atomic E-state index is 12.3. The van der Waals surface area contributed by atoms with Crippen LogP contribution in [0.4, 0.5) is 5.82 Å². The van der Waals surface area contributed by atoms with Crippen molar-refractivity contribution < 1.29 is 8.42 Å². The van der Waals surface area contributed by atoms with Crippen LogP contribution in [0.1, 0.15) is 22.4 Å². The van der Waals surface area contributed by atoms with Crippen LogP contribution in [0.25, 0.3) is 0 Å². The number of rotatable bonds is 3. The van der Waals surface area contributed by atoms with E-state index in [-0.39, 0.29) is 4.90 Å². The van der Waals surface area contributed by atoms with Crippen LogP contribution < -0.4 is 4.72 Å². The molecule has 0 aliphatic rings. The Kier molecular flexibility index (Phi) is 3.81. The van der Waals surface area contributed by atoms with Gasteiger partial charge >= 0.3 is 0 Å². The third-order valence-electron chi connectivity index (χ3n) is 3.13. The zero-order chi connectivity index (χ0) is 14.9. The zero-order valence-electron chi connectivity index (χ0n) is 12.1. The summed E-state index contributed by atoms with van der Waals surface area (Å²) in [4.78, 5) is 4.45. The second kappa shape index (κ2) is 5.25. The van der Waals surface area contributed by atoms with Gasteiger partial charge in [-0.25, -0.2) is 13.4 Å². The molecular formula is C15H18N2O2S. The molecule has 4 nitrogen and oxygen atoms in total. The molecule has 106 valence electrons. The molecule has 0 saturated carbocycles. The van der Waals surface area contributed by atoms with E-state index in [0.29, 0.717) is 5.82 Å². The van der Waals surface area contributed by atoms with Crippen LogP contribution in [0.5, 0.6) is 0 Å². The summed E-state index contributed by atoms with van der Waals surface area (Å²) in [5.41, 5.74) is 3.76. The highest BCUT2D eigenvalue weighted by atomic mass is 32.2. The van der Waals surface area contributed by atoms with Crippen molar-refractivity contribution >= 4 is 15.8 Å². The Bertz CT molecular complexity index is 732. The predicted molar refractivity (Wildman–Crippen MR) is 80.4 cm³/mol. The van der Waals surface area contributed by atoms with Crippen molar-refractivity contribution in [1.29, 1.82) is 0 Å². The number of aryl methyl sites for hydroxylation is 4. The summed E-state index contributed by atoms with van der Waals surface area (Å²) >= 11 is 0. The third-order valence-corrected chi connectivity index (χ3v) is 4.48. The number of anilines is 1. The van der Waals surface area contributed by atoms with Gasteiger partial charge in [0.2, 0.25) is 0 Å². The van der Waals surface area contributed by atoms with Gasteiger partial charge in [-0.05, 0) is 68.7 Å². The fourth-order valence-electron chi connectivity index (χ4n) is 1.97. The Balaban J connectivity index is 2.37. The highest BCUT2D eigenvalue weighted by molar-refractivity contribution is 7.92. The van der Waals surface area contributed by atoms with E-state index in [0.717, 1.165) is 22.4 Å². The van der Waals surface area contributed by atoms with E-state index in [2.05, 4.69) is 9.71 Å². The highest BCUT2D eigenvalue weighted by Gasteiger charge is 2.15. The Hall–Kier alpha value is -1.88. The molecule has 2 rings (SSSR count). The lowest BCUT2D eigenvalue weighted by atomic mass is 10.1. The molecule has 0 fully saturated rings. The first kappa shape index (κ1) is 14.5. The van der Waals surface area contributed by atoms with E-state index < -0.39 is 10.0 Å². The summed E-state index contributed by atoms with van der Waals surface area (Å²) in [6.45, 7) is 7.58. The molecule has 0 bridgehead atoms. The van der Waals surface area contributed by atoms with E-state index in [1.807, 2.05) is 33.8 Å². The quantitative estimate of drug-likeness (QED) is 0.945. The summed E-state index contributed by atoms with van der Waals surface area (Å²) in [7, 11) is -3.60. The second-order valence-electron chi connectivity index (χ2n) is 5.02. The molecule has 1 aromatic heterocycles. The number of benzene rings is 1. The number of nitrogens with zero attached hydrogens (tertiary/aromatic N) is 1. The Morgan fingerprint density at radius 3 is 2.25 bits per heavy atom.